The van der Waals surface area contributed by atoms with E-state index in [0.29, 0.717) is 18.0 Å². The first-order valence-corrected chi connectivity index (χ1v) is 13.4. The maximum absolute atomic E-state index is 13.7. The average Bonchev–Trinajstić information content (AvgIpc) is 3.44. The number of hydrogen-bond acceptors (Lipinski definition) is 5. The van der Waals surface area contributed by atoms with Crippen LogP contribution in [0.1, 0.15) is 74.3 Å². The first-order chi connectivity index (χ1) is 18.5. The van der Waals surface area contributed by atoms with Crippen molar-refractivity contribution in [3.63, 3.8) is 0 Å². The van der Waals surface area contributed by atoms with Gasteiger partial charge in [0.1, 0.15) is 17.6 Å². The molecule has 2 aromatic heterocycles. The standard InChI is InChI=1S/C30H36N4O4/c1-22-15-17-23(18-16-22)29(30(37)32-24-9-3-2-4-10-24)34(21-25-11-8-20-38-25)28(36)14-7-13-27(35)33-26-12-5-6-19-31-26/h5-6,8,11-12,15-20,24,29H,2-4,7,9-10,13-14,21H2,1H3,(H,32,37)(H,31,33,35)/t29-/m0/s1. The number of nitrogens with one attached hydrogen (secondary N) is 2. The SMILES string of the molecule is Cc1ccc([C@@H](C(=O)NC2CCCCC2)N(Cc2ccco2)C(=O)CCCC(=O)Nc2ccccn2)cc1. The first-order valence-electron chi connectivity index (χ1n) is 13.4. The van der Waals surface area contributed by atoms with Crippen LogP contribution in [-0.4, -0.2) is 33.6 Å². The molecule has 1 aromatic carbocycles. The lowest BCUT2D eigenvalue weighted by atomic mass is 9.94. The summed E-state index contributed by atoms with van der Waals surface area (Å²) in [5.74, 6) is 0.458. The predicted octanol–water partition coefficient (Wildman–Crippen LogP) is 5.31. The van der Waals surface area contributed by atoms with Crippen molar-refractivity contribution in [2.75, 3.05) is 5.32 Å². The van der Waals surface area contributed by atoms with E-state index in [4.69, 9.17) is 4.42 Å². The molecule has 3 aromatic rings. The molecule has 8 nitrogen and oxygen atoms in total. The lowest BCUT2D eigenvalue weighted by Crippen LogP contribution is -2.46. The second kappa shape index (κ2) is 13.6. The number of hydrogen-bond donors (Lipinski definition) is 2. The Hall–Kier alpha value is -3.94. The van der Waals surface area contributed by atoms with E-state index in [1.165, 1.54) is 6.42 Å². The highest BCUT2D eigenvalue weighted by Crippen LogP contribution is 2.27. The van der Waals surface area contributed by atoms with Gasteiger partial charge in [0.25, 0.3) is 0 Å². The maximum atomic E-state index is 13.7. The van der Waals surface area contributed by atoms with Crippen molar-refractivity contribution in [3.8, 4) is 0 Å². The van der Waals surface area contributed by atoms with Gasteiger partial charge in [-0.2, -0.15) is 0 Å². The summed E-state index contributed by atoms with van der Waals surface area (Å²) >= 11 is 0. The van der Waals surface area contributed by atoms with Crippen molar-refractivity contribution in [3.05, 3.63) is 83.9 Å². The van der Waals surface area contributed by atoms with Gasteiger partial charge < -0.3 is 20.0 Å². The van der Waals surface area contributed by atoms with Crippen LogP contribution < -0.4 is 10.6 Å². The van der Waals surface area contributed by atoms with Crippen LogP contribution in [0.25, 0.3) is 0 Å². The van der Waals surface area contributed by atoms with Crippen LogP contribution >= 0.6 is 0 Å². The van der Waals surface area contributed by atoms with Gasteiger partial charge >= 0.3 is 0 Å². The highest BCUT2D eigenvalue weighted by Gasteiger charge is 2.33. The number of furan rings is 1. The molecule has 3 amide bonds. The molecule has 0 aliphatic heterocycles. The number of aromatic nitrogens is 1. The zero-order valence-electron chi connectivity index (χ0n) is 21.9. The van der Waals surface area contributed by atoms with Crippen LogP contribution in [0, 0.1) is 6.92 Å². The minimum atomic E-state index is -0.808. The van der Waals surface area contributed by atoms with Crippen LogP contribution in [-0.2, 0) is 20.9 Å². The third-order valence-corrected chi connectivity index (χ3v) is 6.86. The number of rotatable bonds is 11. The highest BCUT2D eigenvalue weighted by atomic mass is 16.3. The molecule has 2 N–H and O–H groups in total. The van der Waals surface area contributed by atoms with E-state index in [9.17, 15) is 14.4 Å². The maximum Gasteiger partial charge on any atom is 0.247 e. The van der Waals surface area contributed by atoms with Crippen LogP contribution in [0.2, 0.25) is 0 Å². The summed E-state index contributed by atoms with van der Waals surface area (Å²) in [5, 5.41) is 5.96. The summed E-state index contributed by atoms with van der Waals surface area (Å²) in [6.45, 7) is 2.14. The van der Waals surface area contributed by atoms with Crippen LogP contribution in [0.4, 0.5) is 5.82 Å². The van der Waals surface area contributed by atoms with E-state index in [2.05, 4.69) is 15.6 Å². The van der Waals surface area contributed by atoms with Gasteiger partial charge in [0.05, 0.1) is 12.8 Å². The Balaban J connectivity index is 1.50. The van der Waals surface area contributed by atoms with Gasteiger partial charge in [0.15, 0.2) is 0 Å². The van der Waals surface area contributed by atoms with Crippen LogP contribution in [0.5, 0.6) is 0 Å². The third kappa shape index (κ3) is 7.78. The molecule has 1 saturated carbocycles. The summed E-state index contributed by atoms with van der Waals surface area (Å²) in [6, 6.07) is 15.9. The zero-order valence-corrected chi connectivity index (χ0v) is 21.9. The van der Waals surface area contributed by atoms with Crippen molar-refractivity contribution in [1.82, 2.24) is 15.2 Å². The summed E-state index contributed by atoms with van der Waals surface area (Å²) < 4.78 is 5.56. The van der Waals surface area contributed by atoms with E-state index in [1.54, 1.807) is 47.7 Å². The Bertz CT molecular complexity index is 1170. The van der Waals surface area contributed by atoms with Gasteiger partial charge in [-0.25, -0.2) is 4.98 Å². The van der Waals surface area contributed by atoms with Gasteiger partial charge in [-0.3, -0.25) is 14.4 Å². The van der Waals surface area contributed by atoms with Crippen molar-refractivity contribution in [1.29, 1.82) is 0 Å². The molecule has 4 rings (SSSR count). The highest BCUT2D eigenvalue weighted by molar-refractivity contribution is 5.91. The van der Waals surface area contributed by atoms with Gasteiger partial charge in [-0.05, 0) is 56.0 Å². The molecule has 0 spiro atoms. The lowest BCUT2D eigenvalue weighted by molar-refractivity contribution is -0.142. The quantitative estimate of drug-likeness (QED) is 0.359. The van der Waals surface area contributed by atoms with E-state index in [0.717, 1.165) is 36.8 Å². The first kappa shape index (κ1) is 27.1. The molecule has 0 radical (unpaired) electrons. The fraction of sp³-hybridized carbons (Fsp3) is 0.400. The van der Waals surface area contributed by atoms with Crippen molar-refractivity contribution in [2.45, 2.75) is 76.9 Å². The van der Waals surface area contributed by atoms with E-state index in [1.807, 2.05) is 31.2 Å². The van der Waals surface area contributed by atoms with Gasteiger partial charge in [-0.15, -0.1) is 0 Å². The fourth-order valence-electron chi connectivity index (χ4n) is 4.83. The Morgan fingerprint density at radius 2 is 1.79 bits per heavy atom. The summed E-state index contributed by atoms with van der Waals surface area (Å²) in [6.07, 6.45) is 9.06. The number of benzene rings is 1. The number of pyridine rings is 1. The number of carbonyl (C=O) groups excluding carboxylic acids is 3. The Morgan fingerprint density at radius 3 is 2.47 bits per heavy atom. The molecular formula is C30H36N4O4. The summed E-state index contributed by atoms with van der Waals surface area (Å²) in [4.78, 5) is 45.5. The predicted molar refractivity (Wildman–Crippen MR) is 145 cm³/mol. The normalized spacial score (nSPS) is 14.4. The molecule has 1 aliphatic carbocycles. The second-order valence-electron chi connectivity index (χ2n) is 9.87. The fourth-order valence-corrected chi connectivity index (χ4v) is 4.83. The van der Waals surface area contributed by atoms with Gasteiger partial charge in [0.2, 0.25) is 17.7 Å². The molecule has 38 heavy (non-hydrogen) atoms. The number of nitrogens with zero attached hydrogens (tertiary/aromatic N) is 2. The molecule has 200 valence electrons. The lowest BCUT2D eigenvalue weighted by Gasteiger charge is -2.33. The number of carbonyl (C=O) groups is 3. The van der Waals surface area contributed by atoms with Gasteiger partial charge in [-0.1, -0.05) is 55.2 Å². The summed E-state index contributed by atoms with van der Waals surface area (Å²) in [5.41, 5.74) is 1.82. The molecule has 1 fully saturated rings. The van der Waals surface area contributed by atoms with E-state index < -0.39 is 6.04 Å². The zero-order chi connectivity index (χ0) is 26.7. The molecule has 8 heteroatoms. The topological polar surface area (TPSA) is 105 Å². The smallest absolute Gasteiger partial charge is 0.247 e. The Labute approximate surface area is 223 Å². The molecule has 1 atom stereocenters. The van der Waals surface area contributed by atoms with Crippen LogP contribution in [0.15, 0.2) is 71.5 Å². The minimum Gasteiger partial charge on any atom is -0.467 e. The number of amides is 3. The number of anilines is 1. The number of aryl methyl sites for hydroxylation is 1. The molecule has 2 heterocycles. The molecular weight excluding hydrogens is 480 g/mol. The largest absolute Gasteiger partial charge is 0.467 e. The van der Waals surface area contributed by atoms with Crippen molar-refractivity contribution >= 4 is 23.5 Å². The Kier molecular flexibility index (Phi) is 9.67. The molecule has 1 aliphatic rings. The van der Waals surface area contributed by atoms with Crippen molar-refractivity contribution in [2.24, 2.45) is 0 Å². The van der Waals surface area contributed by atoms with Gasteiger partial charge in [0, 0.05) is 25.1 Å². The monoisotopic (exact) mass is 516 g/mol. The molecule has 0 unspecified atom stereocenters. The van der Waals surface area contributed by atoms with Crippen molar-refractivity contribution < 1.29 is 18.8 Å². The Morgan fingerprint density at radius 1 is 1.00 bits per heavy atom. The minimum absolute atomic E-state index is 0.111. The van der Waals surface area contributed by atoms with Crippen LogP contribution in [0.3, 0.4) is 0 Å². The third-order valence-electron chi connectivity index (χ3n) is 6.86. The average molecular weight is 517 g/mol. The molecule has 0 saturated heterocycles. The molecule has 0 bridgehead atoms. The van der Waals surface area contributed by atoms with E-state index >= 15 is 0 Å². The van der Waals surface area contributed by atoms with E-state index in [-0.39, 0.29) is 43.1 Å². The summed E-state index contributed by atoms with van der Waals surface area (Å²) in [7, 11) is 0. The second-order valence-corrected chi connectivity index (χ2v) is 9.87.